The number of unbranched alkanes of at least 4 members (excludes halogenated alkanes) is 20. The Balaban J connectivity index is 4.51. The van der Waals surface area contributed by atoms with Crippen LogP contribution in [0.15, 0.2) is 0 Å². The van der Waals surface area contributed by atoms with E-state index in [1.54, 1.807) is 0 Å². The normalized spacial score (nSPS) is 13.9. The Hall–Kier alpha value is -1.13. The van der Waals surface area contributed by atoms with Gasteiger partial charge in [0.05, 0.1) is 27.7 Å². The van der Waals surface area contributed by atoms with Gasteiger partial charge in [0.2, 0.25) is 5.92 Å². The van der Waals surface area contributed by atoms with Crippen LogP contribution in [0.3, 0.4) is 0 Å². The van der Waals surface area contributed by atoms with Crippen molar-refractivity contribution in [2.45, 2.75) is 199 Å². The molecule has 9 nitrogen and oxygen atoms in total. The number of ether oxygens (including phenoxy) is 2. The van der Waals surface area contributed by atoms with Crippen LogP contribution < -0.4 is 0 Å². The molecule has 0 aromatic carbocycles. The Morgan fingerprint density at radius 3 is 1.46 bits per heavy atom. The van der Waals surface area contributed by atoms with Crippen molar-refractivity contribution in [3.63, 3.8) is 0 Å². The molecule has 0 radical (unpaired) electrons. The zero-order chi connectivity index (χ0) is 39.0. The number of esters is 2. The van der Waals surface area contributed by atoms with E-state index in [0.29, 0.717) is 49.6 Å². The largest absolute Gasteiger partial charge is 0.472 e. The topological polar surface area (TPSA) is 108 Å². The Labute approximate surface area is 316 Å². The molecule has 12 heteroatoms. The lowest BCUT2D eigenvalue weighted by atomic mass is 10.0. The summed E-state index contributed by atoms with van der Waals surface area (Å²) in [6, 6.07) is 0. The second kappa shape index (κ2) is 32.1. The molecule has 0 aliphatic carbocycles. The Morgan fingerprint density at radius 2 is 1.02 bits per heavy atom. The lowest BCUT2D eigenvalue weighted by Crippen LogP contribution is -2.37. The molecular formula is C40H79F2NO8P+. The highest BCUT2D eigenvalue weighted by molar-refractivity contribution is 7.47. The molecule has 0 aromatic heterocycles. The van der Waals surface area contributed by atoms with Crippen molar-refractivity contribution >= 4 is 19.8 Å². The Morgan fingerprint density at radius 1 is 0.615 bits per heavy atom. The number of rotatable bonds is 38. The fraction of sp³-hybridized carbons (Fsp3) is 0.950. The average molecular weight is 771 g/mol. The van der Waals surface area contributed by atoms with Gasteiger partial charge in [-0.25, -0.2) is 13.3 Å². The minimum Gasteiger partial charge on any atom is -0.462 e. The number of hydrogen-bond acceptors (Lipinski definition) is 7. The molecule has 1 N–H and O–H groups in total. The molecule has 0 aliphatic rings. The zero-order valence-corrected chi connectivity index (χ0v) is 34.8. The predicted molar refractivity (Wildman–Crippen MR) is 206 cm³/mol. The Kier molecular flexibility index (Phi) is 31.4. The van der Waals surface area contributed by atoms with E-state index in [1.165, 1.54) is 57.8 Å². The second-order valence-electron chi connectivity index (χ2n) is 15.7. The standard InChI is InChI=1S/C40H78F2NO8P/c1-6-8-10-12-14-15-16-17-18-19-20-21-25-29-38(44)48-35-37(36-50-52(46,47)49-34-33-43(3,4)5)51-39(45)30-26-22-24-28-32-40(41,42)31-27-23-13-11-9-7-2/h37H,6-36H2,1-5H3/p+1/t37-/m1/s1. The van der Waals surface area contributed by atoms with Crippen molar-refractivity contribution in [1.82, 2.24) is 0 Å². The van der Waals surface area contributed by atoms with Crippen LogP contribution in [0.25, 0.3) is 0 Å². The number of alkyl halides is 2. The van der Waals surface area contributed by atoms with Gasteiger partial charge in [-0.1, -0.05) is 136 Å². The summed E-state index contributed by atoms with van der Waals surface area (Å²) in [6.07, 6.45) is 22.4. The highest BCUT2D eigenvalue weighted by Crippen LogP contribution is 2.43. The molecule has 52 heavy (non-hydrogen) atoms. The van der Waals surface area contributed by atoms with E-state index in [1.807, 2.05) is 21.1 Å². The zero-order valence-electron chi connectivity index (χ0n) is 34.0. The van der Waals surface area contributed by atoms with E-state index in [2.05, 4.69) is 13.8 Å². The van der Waals surface area contributed by atoms with Gasteiger partial charge in [-0.2, -0.15) is 0 Å². The number of quaternary nitrogens is 1. The van der Waals surface area contributed by atoms with E-state index in [4.69, 9.17) is 18.5 Å². The summed E-state index contributed by atoms with van der Waals surface area (Å²) in [5.41, 5.74) is 0. The molecule has 0 aliphatic heterocycles. The average Bonchev–Trinajstić information content (AvgIpc) is 3.07. The molecule has 1 unspecified atom stereocenters. The van der Waals surface area contributed by atoms with Crippen LogP contribution in [0.4, 0.5) is 8.78 Å². The van der Waals surface area contributed by atoms with Gasteiger partial charge in [-0.3, -0.25) is 18.6 Å². The first-order chi connectivity index (χ1) is 24.7. The van der Waals surface area contributed by atoms with Crippen LogP contribution in [-0.2, 0) is 32.7 Å². The molecular weight excluding hydrogens is 691 g/mol. The smallest absolute Gasteiger partial charge is 0.462 e. The molecule has 0 saturated carbocycles. The number of hydrogen-bond donors (Lipinski definition) is 1. The molecule has 310 valence electrons. The number of phosphoric acid groups is 1. The molecule has 0 fully saturated rings. The van der Waals surface area contributed by atoms with Gasteiger partial charge < -0.3 is 18.9 Å². The maximum Gasteiger partial charge on any atom is 0.472 e. The highest BCUT2D eigenvalue weighted by Gasteiger charge is 2.28. The number of likely N-dealkylation sites (N-methyl/N-ethyl adjacent to an activating group) is 1. The second-order valence-corrected chi connectivity index (χ2v) is 17.1. The van der Waals surface area contributed by atoms with Gasteiger partial charge in [-0.15, -0.1) is 0 Å². The van der Waals surface area contributed by atoms with Crippen molar-refractivity contribution in [2.75, 3.05) is 47.5 Å². The van der Waals surface area contributed by atoms with Crippen molar-refractivity contribution < 1.29 is 50.8 Å². The van der Waals surface area contributed by atoms with Crippen LogP contribution >= 0.6 is 7.82 Å². The fourth-order valence-corrected chi connectivity index (χ4v) is 6.59. The molecule has 0 rings (SSSR count). The summed E-state index contributed by atoms with van der Waals surface area (Å²) >= 11 is 0. The first kappa shape index (κ1) is 50.9. The number of phosphoric ester groups is 1. The minimum absolute atomic E-state index is 0.0131. The van der Waals surface area contributed by atoms with E-state index in [-0.39, 0.29) is 38.9 Å². The van der Waals surface area contributed by atoms with Gasteiger partial charge >= 0.3 is 19.8 Å². The Bertz CT molecular complexity index is 919. The van der Waals surface area contributed by atoms with Crippen LogP contribution in [0, 0.1) is 0 Å². The van der Waals surface area contributed by atoms with Gasteiger partial charge in [0, 0.05) is 25.7 Å². The maximum absolute atomic E-state index is 14.2. The van der Waals surface area contributed by atoms with Gasteiger partial charge in [-0.05, 0) is 25.7 Å². The number of halogens is 2. The van der Waals surface area contributed by atoms with E-state index >= 15 is 0 Å². The molecule has 2 atom stereocenters. The fourth-order valence-electron chi connectivity index (χ4n) is 5.85. The van der Waals surface area contributed by atoms with Crippen molar-refractivity contribution in [3.8, 4) is 0 Å². The number of carbonyl (C=O) groups excluding carboxylic acids is 2. The van der Waals surface area contributed by atoms with Crippen molar-refractivity contribution in [3.05, 3.63) is 0 Å². The van der Waals surface area contributed by atoms with Gasteiger partial charge in [0.1, 0.15) is 19.8 Å². The number of carbonyl (C=O) groups is 2. The number of nitrogens with zero attached hydrogens (tertiary/aromatic N) is 1. The van der Waals surface area contributed by atoms with E-state index < -0.39 is 38.4 Å². The first-order valence-electron chi connectivity index (χ1n) is 20.8. The third-order valence-corrected chi connectivity index (χ3v) is 10.2. The summed E-state index contributed by atoms with van der Waals surface area (Å²) in [5.74, 6) is -3.65. The summed E-state index contributed by atoms with van der Waals surface area (Å²) < 4.78 is 62.4. The SMILES string of the molecule is CCCCCCCCCCCCCCCC(=O)OC[C@H](COP(=O)(O)OCC[N+](C)(C)C)OC(=O)CCCCCCC(F)(F)CCCCCCCC. The van der Waals surface area contributed by atoms with Crippen molar-refractivity contribution in [1.29, 1.82) is 0 Å². The van der Waals surface area contributed by atoms with Gasteiger partial charge in [0.15, 0.2) is 6.10 Å². The summed E-state index contributed by atoms with van der Waals surface area (Å²) in [7, 11) is 1.32. The molecule has 0 heterocycles. The monoisotopic (exact) mass is 771 g/mol. The highest BCUT2D eigenvalue weighted by atomic mass is 31.2. The van der Waals surface area contributed by atoms with Crippen LogP contribution in [0.2, 0.25) is 0 Å². The predicted octanol–water partition coefficient (Wildman–Crippen LogP) is 11.5. The third kappa shape index (κ3) is 35.9. The summed E-state index contributed by atoms with van der Waals surface area (Å²) in [4.78, 5) is 35.2. The lowest BCUT2D eigenvalue weighted by Gasteiger charge is -2.24. The minimum atomic E-state index is -4.43. The van der Waals surface area contributed by atoms with Crippen LogP contribution in [0.1, 0.15) is 187 Å². The molecule has 0 spiro atoms. The maximum atomic E-state index is 14.2. The van der Waals surface area contributed by atoms with Crippen molar-refractivity contribution in [2.24, 2.45) is 0 Å². The summed E-state index contributed by atoms with van der Waals surface area (Å²) in [6.45, 7) is 4.04. The molecule has 0 amide bonds. The lowest BCUT2D eigenvalue weighted by molar-refractivity contribution is -0.870. The van der Waals surface area contributed by atoms with Crippen LogP contribution in [-0.4, -0.2) is 80.8 Å². The van der Waals surface area contributed by atoms with Crippen LogP contribution in [0.5, 0.6) is 0 Å². The molecule has 0 saturated heterocycles. The first-order valence-corrected chi connectivity index (χ1v) is 22.3. The molecule has 0 aromatic rings. The summed E-state index contributed by atoms with van der Waals surface area (Å²) in [5, 5.41) is 0. The molecule has 0 bridgehead atoms. The third-order valence-electron chi connectivity index (χ3n) is 9.22. The van der Waals surface area contributed by atoms with E-state index in [0.717, 1.165) is 51.4 Å². The quantitative estimate of drug-likeness (QED) is 0.0286. The van der Waals surface area contributed by atoms with Gasteiger partial charge in [0.25, 0.3) is 0 Å². The van der Waals surface area contributed by atoms with E-state index in [9.17, 15) is 27.8 Å².